The molecule has 0 saturated heterocycles. The van der Waals surface area contributed by atoms with Crippen molar-refractivity contribution in [2.75, 3.05) is 25.2 Å². The minimum atomic E-state index is -5.26. The molecular weight excluding hydrogens is 691 g/mol. The van der Waals surface area contributed by atoms with Crippen molar-refractivity contribution in [3.05, 3.63) is 36.4 Å². The fourth-order valence-corrected chi connectivity index (χ4v) is 5.89. The summed E-state index contributed by atoms with van der Waals surface area (Å²) in [6, 6.07) is 6.32. The van der Waals surface area contributed by atoms with E-state index in [2.05, 4.69) is 23.8 Å². The molecule has 3 aromatic carbocycles. The van der Waals surface area contributed by atoms with Crippen molar-refractivity contribution in [3.63, 3.8) is 0 Å². The average Bonchev–Trinajstić information content (AvgIpc) is 2.84. The maximum absolute atomic E-state index is 12.6. The van der Waals surface area contributed by atoms with Crippen LogP contribution in [0.4, 0.5) is 17.1 Å². The maximum atomic E-state index is 12.6. The molecule has 17 nitrogen and oxygen atoms in total. The largest absolute Gasteiger partial charge is 1.00 e. The van der Waals surface area contributed by atoms with Gasteiger partial charge in [0.2, 0.25) is 10.4 Å². The molecule has 0 aromatic heterocycles. The van der Waals surface area contributed by atoms with Crippen LogP contribution < -0.4 is 104 Å². The standard InChI is InChI=1S/C19H19N3O14S4.3Na/c1-33-15-3-2-12(38(25,26)5-4-34-40(30,31)32)9-13(15)21-22-19-16(39(27,28)29)7-10-6-11(37-36-35-24)8-14(23)17(10)18(19)20;;;/h2-3,6-9,23-24H,4-5,20H2,1H3,(H,27,28,29)(H,30,31,32);;;/q;3*+1/p-3. The third kappa shape index (κ3) is 11.6. The van der Waals surface area contributed by atoms with Gasteiger partial charge < -0.3 is 29.9 Å². The molecule has 3 rings (SSSR count). The first-order valence-corrected chi connectivity index (χ1v) is 15.3. The molecule has 0 amide bonds. The first-order chi connectivity index (χ1) is 18.6. The first kappa shape index (κ1) is 42.9. The zero-order valence-corrected chi connectivity index (χ0v) is 32.0. The molecule has 0 saturated carbocycles. The van der Waals surface area contributed by atoms with E-state index in [1.54, 1.807) is 0 Å². The summed E-state index contributed by atoms with van der Waals surface area (Å²) in [6.45, 7) is -0.963. The second-order valence-corrected chi connectivity index (χ2v) is 12.7. The molecule has 24 heteroatoms. The van der Waals surface area contributed by atoms with Crippen molar-refractivity contribution < 1.29 is 152 Å². The Balaban J connectivity index is 0.00000588. The van der Waals surface area contributed by atoms with Gasteiger partial charge in [0.25, 0.3) is 0 Å². The Kier molecular flexibility index (Phi) is 17.7. The van der Waals surface area contributed by atoms with Crippen LogP contribution in [0, 0.1) is 0 Å². The Morgan fingerprint density at radius 3 is 2.19 bits per heavy atom. The Morgan fingerprint density at radius 2 is 1.63 bits per heavy atom. The summed E-state index contributed by atoms with van der Waals surface area (Å²) < 4.78 is 106. The van der Waals surface area contributed by atoms with Crippen molar-refractivity contribution in [2.45, 2.75) is 14.7 Å². The van der Waals surface area contributed by atoms with E-state index in [1.165, 1.54) is 13.2 Å². The Hall–Kier alpha value is -0.120. The van der Waals surface area contributed by atoms with Gasteiger partial charge in [0, 0.05) is 10.3 Å². The summed E-state index contributed by atoms with van der Waals surface area (Å²) in [7, 11) is -13.4. The summed E-state index contributed by atoms with van der Waals surface area (Å²) in [5, 5.41) is 31.0. The van der Waals surface area contributed by atoms with E-state index in [-0.39, 0.29) is 116 Å². The summed E-state index contributed by atoms with van der Waals surface area (Å²) in [5.74, 6) is -1.48. The Morgan fingerprint density at radius 1 is 0.977 bits per heavy atom. The van der Waals surface area contributed by atoms with Crippen molar-refractivity contribution in [1.29, 1.82) is 0 Å². The Labute approximate surface area is 316 Å². The number of nitrogens with two attached hydrogens (primary N) is 1. The van der Waals surface area contributed by atoms with E-state index in [4.69, 9.17) is 10.5 Å². The number of nitrogen functional groups attached to an aromatic ring is 1. The molecule has 0 fully saturated rings. The number of nitrogens with zero attached hydrogens (tertiary/aromatic N) is 2. The summed E-state index contributed by atoms with van der Waals surface area (Å²) in [5.41, 5.74) is 4.57. The molecular formula is C19H16N3Na3O14S4. The van der Waals surface area contributed by atoms with E-state index in [0.717, 1.165) is 30.3 Å². The molecule has 0 aliphatic rings. The number of benzene rings is 3. The minimum Gasteiger partial charge on any atom is -0.744 e. The molecule has 0 bridgehead atoms. The number of hydrogen-bond donors (Lipinski definition) is 2. The van der Waals surface area contributed by atoms with E-state index >= 15 is 0 Å². The van der Waals surface area contributed by atoms with Crippen LogP contribution in [0.2, 0.25) is 0 Å². The van der Waals surface area contributed by atoms with Gasteiger partial charge in [0.15, 0.2) is 9.84 Å². The normalized spacial score (nSPS) is 11.9. The zero-order chi connectivity index (χ0) is 29.9. The smallest absolute Gasteiger partial charge is 0.744 e. The van der Waals surface area contributed by atoms with Crippen LogP contribution in [-0.2, 0) is 43.9 Å². The molecule has 0 atom stereocenters. The second-order valence-electron chi connectivity index (χ2n) is 7.43. The quantitative estimate of drug-likeness (QED) is 0.0258. The average molecular weight is 708 g/mol. The van der Waals surface area contributed by atoms with Crippen LogP contribution in [0.25, 0.3) is 10.8 Å². The number of sulfone groups is 1. The number of phenolic OH excluding ortho intramolecular Hbond substituents is 1. The van der Waals surface area contributed by atoms with Crippen molar-refractivity contribution >= 4 is 70.2 Å². The predicted molar refractivity (Wildman–Crippen MR) is 131 cm³/mol. The van der Waals surface area contributed by atoms with E-state index < -0.39 is 69.6 Å². The fraction of sp³-hybridized carbons (Fsp3) is 0.158. The number of phenols is 1. The van der Waals surface area contributed by atoms with Crippen molar-refractivity contribution in [1.82, 2.24) is 0 Å². The Bertz CT molecular complexity index is 1810. The molecule has 0 radical (unpaired) electrons. The molecule has 0 unspecified atom stereocenters. The molecule has 3 aromatic rings. The van der Waals surface area contributed by atoms with Crippen LogP contribution in [0.5, 0.6) is 11.5 Å². The van der Waals surface area contributed by atoms with Gasteiger partial charge in [-0.15, -0.1) is 10.2 Å². The molecule has 0 spiro atoms. The number of fused-ring (bicyclic) bond motifs is 1. The van der Waals surface area contributed by atoms with Gasteiger partial charge in [0.1, 0.15) is 33.0 Å². The molecule has 218 valence electrons. The van der Waals surface area contributed by atoms with Crippen LogP contribution in [0.15, 0.2) is 61.3 Å². The van der Waals surface area contributed by atoms with Crippen LogP contribution in [0.1, 0.15) is 0 Å². The van der Waals surface area contributed by atoms with E-state index in [1.807, 2.05) is 0 Å². The number of methoxy groups -OCH3 is 1. The van der Waals surface area contributed by atoms with Gasteiger partial charge in [-0.1, -0.05) is 0 Å². The number of azo groups is 1. The van der Waals surface area contributed by atoms with E-state index in [0.29, 0.717) is 12.0 Å². The van der Waals surface area contributed by atoms with E-state index in [9.17, 15) is 44.7 Å². The molecule has 3 N–H and O–H groups in total. The molecule has 0 aliphatic heterocycles. The zero-order valence-electron chi connectivity index (χ0n) is 22.7. The maximum Gasteiger partial charge on any atom is 1.00 e. The summed E-state index contributed by atoms with van der Waals surface area (Å²) >= 11 is 0.373. The van der Waals surface area contributed by atoms with Gasteiger partial charge in [-0.2, -0.15) is 4.33 Å². The SMILES string of the molecule is COc1ccc(S(=O)(=O)CCOS(=O)(=O)[O-])cc1N=Nc1c(S(=O)(=O)[O-])cc2cc(SOO[O-])cc(O)c2c1N.[Na+].[Na+].[Na+]. The topological polar surface area (TPSA) is 279 Å². The van der Waals surface area contributed by atoms with Gasteiger partial charge >= 0.3 is 88.7 Å². The molecule has 43 heavy (non-hydrogen) atoms. The number of aromatic hydroxyl groups is 1. The van der Waals surface area contributed by atoms with Crippen molar-refractivity contribution in [2.24, 2.45) is 10.2 Å². The molecule has 0 heterocycles. The van der Waals surface area contributed by atoms with Gasteiger partial charge in [0.05, 0.1) is 47.0 Å². The van der Waals surface area contributed by atoms with Gasteiger partial charge in [-0.05, 0) is 41.8 Å². The summed E-state index contributed by atoms with van der Waals surface area (Å²) in [4.78, 5) is -1.31. The number of hydrogen-bond acceptors (Lipinski definition) is 18. The second kappa shape index (κ2) is 17.7. The van der Waals surface area contributed by atoms with Crippen molar-refractivity contribution in [3.8, 4) is 11.5 Å². The van der Waals surface area contributed by atoms with Gasteiger partial charge in [-0.25, -0.2) is 25.3 Å². The van der Waals surface area contributed by atoms with Crippen LogP contribution in [-0.4, -0.2) is 58.9 Å². The molecule has 0 aliphatic carbocycles. The monoisotopic (exact) mass is 707 g/mol. The third-order valence-corrected chi connectivity index (χ3v) is 8.47. The van der Waals surface area contributed by atoms with Crippen LogP contribution in [0.3, 0.4) is 0 Å². The number of ether oxygens (including phenoxy) is 1. The number of anilines is 1. The van der Waals surface area contributed by atoms with Gasteiger partial charge in [-0.3, -0.25) is 9.22 Å². The van der Waals surface area contributed by atoms with Crippen LogP contribution >= 0.6 is 12.0 Å². The fourth-order valence-electron chi connectivity index (χ4n) is 3.29. The minimum absolute atomic E-state index is 0. The third-order valence-electron chi connectivity index (χ3n) is 4.94. The summed E-state index contributed by atoms with van der Waals surface area (Å²) in [6.07, 6.45) is 0. The first-order valence-electron chi connectivity index (χ1n) is 10.2. The predicted octanol–water partition coefficient (Wildman–Crippen LogP) is -8.05. The number of rotatable bonds is 12.